The predicted octanol–water partition coefficient (Wildman–Crippen LogP) is 0.976. The van der Waals surface area contributed by atoms with Gasteiger partial charge in [-0.3, -0.25) is 5.32 Å². The molecule has 14 heavy (non-hydrogen) atoms. The van der Waals surface area contributed by atoms with Crippen LogP contribution in [-0.4, -0.2) is 40.9 Å². The van der Waals surface area contributed by atoms with Crippen molar-refractivity contribution in [3.8, 4) is 0 Å². The van der Waals surface area contributed by atoms with E-state index in [1.165, 1.54) is 7.11 Å². The average Bonchev–Trinajstić information content (AvgIpc) is 2.10. The zero-order valence-corrected chi connectivity index (χ0v) is 9.57. The first kappa shape index (κ1) is 13.3. The summed E-state index contributed by atoms with van der Waals surface area (Å²) in [5, 5.41) is 2.37. The highest BCUT2D eigenvalue weighted by molar-refractivity contribution is 6.57. The summed E-state index contributed by atoms with van der Waals surface area (Å²) in [4.78, 5) is 10.9. The third kappa shape index (κ3) is 5.87. The van der Waals surface area contributed by atoms with Crippen molar-refractivity contribution in [1.82, 2.24) is 5.32 Å². The van der Waals surface area contributed by atoms with E-state index < -0.39 is 27.9 Å². The Morgan fingerprint density at radius 3 is 2.43 bits per heavy atom. The van der Waals surface area contributed by atoms with Gasteiger partial charge in [0.25, 0.3) is 6.43 Å². The maximum Gasteiger partial charge on any atom is 0.409 e. The van der Waals surface area contributed by atoms with Crippen LogP contribution in [0, 0.1) is 0 Å². The van der Waals surface area contributed by atoms with E-state index in [4.69, 9.17) is 4.74 Å². The van der Waals surface area contributed by atoms with Crippen LogP contribution in [-0.2, 0) is 9.47 Å². The third-order valence-corrected chi connectivity index (χ3v) is 3.11. The molecule has 0 radical (unpaired) electrons. The van der Waals surface area contributed by atoms with Crippen LogP contribution in [0.4, 0.5) is 13.6 Å². The monoisotopic (exact) mass is 227 g/mol. The normalized spacial score (nSPS) is 13.1. The Labute approximate surface area is 83.2 Å². The van der Waals surface area contributed by atoms with E-state index in [-0.39, 0.29) is 5.85 Å². The van der Waals surface area contributed by atoms with Gasteiger partial charge in [0.2, 0.25) is 0 Å². The lowest BCUT2D eigenvalue weighted by Gasteiger charge is -2.19. The van der Waals surface area contributed by atoms with E-state index in [9.17, 15) is 13.6 Å². The minimum atomic E-state index is -2.64. The largest absolute Gasteiger partial charge is 0.443 e. The molecule has 7 heteroatoms. The zero-order valence-electron chi connectivity index (χ0n) is 8.42. The summed E-state index contributed by atoms with van der Waals surface area (Å²) in [7, 11) is 0.237. The van der Waals surface area contributed by atoms with Crippen molar-refractivity contribution in [2.75, 3.05) is 13.7 Å². The van der Waals surface area contributed by atoms with Gasteiger partial charge in [-0.25, -0.2) is 13.6 Å². The van der Waals surface area contributed by atoms with Gasteiger partial charge in [-0.15, -0.1) is 0 Å². The maximum absolute atomic E-state index is 11.6. The maximum atomic E-state index is 11.6. The fourth-order valence-corrected chi connectivity index (χ4v) is 1.81. The number of halogens is 2. The number of hydrogen-bond acceptors (Lipinski definition) is 3. The molecule has 1 amide bonds. The van der Waals surface area contributed by atoms with Crippen molar-refractivity contribution < 1.29 is 23.0 Å². The highest BCUT2D eigenvalue weighted by atomic mass is 28.3. The molecule has 1 atom stereocenters. The summed E-state index contributed by atoms with van der Waals surface area (Å²) < 4.78 is 32.5. The number of ether oxygens (including phenoxy) is 2. The molecule has 0 saturated carbocycles. The molecule has 1 N–H and O–H groups in total. The Bertz CT molecular complexity index is 180. The van der Waals surface area contributed by atoms with Crippen LogP contribution in [0.2, 0.25) is 13.1 Å². The van der Waals surface area contributed by atoms with Gasteiger partial charge in [0.05, 0.1) is 8.80 Å². The summed E-state index contributed by atoms with van der Waals surface area (Å²) in [5.74, 6) is -0.389. The van der Waals surface area contributed by atoms with Crippen LogP contribution in [0.5, 0.6) is 0 Å². The molecular weight excluding hydrogens is 212 g/mol. The van der Waals surface area contributed by atoms with Crippen LogP contribution in [0.1, 0.15) is 0 Å². The number of rotatable bonds is 5. The smallest absolute Gasteiger partial charge is 0.409 e. The van der Waals surface area contributed by atoms with E-state index in [0.717, 1.165) is 0 Å². The number of alkyl halides is 2. The van der Waals surface area contributed by atoms with Gasteiger partial charge >= 0.3 is 6.09 Å². The molecule has 0 fully saturated rings. The van der Waals surface area contributed by atoms with Crippen molar-refractivity contribution in [2.24, 2.45) is 0 Å². The highest BCUT2D eigenvalue weighted by Crippen LogP contribution is 1.96. The standard InChI is InChI=1S/C7H15F2NO3Si/c1-12-7(14(2)3)10-6(11)13-4-5(8)9/h5,7,14H,4H2,1-3H3,(H,10,11). The predicted molar refractivity (Wildman–Crippen MR) is 50.2 cm³/mol. The van der Waals surface area contributed by atoms with E-state index in [1.54, 1.807) is 0 Å². The molecule has 1 unspecified atom stereocenters. The highest BCUT2D eigenvalue weighted by Gasteiger charge is 2.17. The summed E-state index contributed by atoms with van der Waals surface area (Å²) in [6.45, 7) is 3.03. The Balaban J connectivity index is 3.79. The quantitative estimate of drug-likeness (QED) is 0.562. The molecule has 4 nitrogen and oxygen atoms in total. The molecule has 0 aliphatic rings. The number of carbonyl (C=O) groups is 1. The van der Waals surface area contributed by atoms with Gasteiger partial charge in [0, 0.05) is 7.11 Å². The lowest BCUT2D eigenvalue weighted by atomic mass is 10.8. The van der Waals surface area contributed by atoms with Gasteiger partial charge in [-0.1, -0.05) is 13.1 Å². The lowest BCUT2D eigenvalue weighted by Crippen LogP contribution is -2.45. The molecule has 0 rings (SSSR count). The molecule has 0 aromatic carbocycles. The molecule has 0 spiro atoms. The number of hydrogen-bond donors (Lipinski definition) is 1. The van der Waals surface area contributed by atoms with E-state index >= 15 is 0 Å². The molecule has 0 aliphatic carbocycles. The molecule has 0 saturated heterocycles. The van der Waals surface area contributed by atoms with Crippen molar-refractivity contribution in [1.29, 1.82) is 0 Å². The fraction of sp³-hybridized carbons (Fsp3) is 0.857. The molecule has 0 heterocycles. The zero-order chi connectivity index (χ0) is 11.1. The van der Waals surface area contributed by atoms with Crippen molar-refractivity contribution in [3.05, 3.63) is 0 Å². The fourth-order valence-electron chi connectivity index (χ4n) is 0.794. The number of nitrogens with one attached hydrogen (secondary N) is 1. The molecule has 0 aromatic rings. The van der Waals surface area contributed by atoms with Crippen LogP contribution in [0.25, 0.3) is 0 Å². The first-order chi connectivity index (χ1) is 6.47. The average molecular weight is 227 g/mol. The minimum Gasteiger partial charge on any atom is -0.443 e. The number of methoxy groups -OCH3 is 1. The topological polar surface area (TPSA) is 47.6 Å². The van der Waals surface area contributed by atoms with Crippen LogP contribution >= 0.6 is 0 Å². The van der Waals surface area contributed by atoms with Crippen LogP contribution in [0.15, 0.2) is 0 Å². The van der Waals surface area contributed by atoms with Crippen LogP contribution < -0.4 is 5.32 Å². The van der Waals surface area contributed by atoms with Crippen molar-refractivity contribution in [3.63, 3.8) is 0 Å². The minimum absolute atomic E-state index is 0.389. The third-order valence-electron chi connectivity index (χ3n) is 1.46. The second-order valence-corrected chi connectivity index (χ2v) is 6.13. The van der Waals surface area contributed by atoms with Gasteiger partial charge in [-0.2, -0.15) is 0 Å². The molecule has 0 aliphatic heterocycles. The summed E-state index contributed by atoms with van der Waals surface area (Å²) >= 11 is 0. The number of amides is 1. The van der Waals surface area contributed by atoms with Crippen molar-refractivity contribution in [2.45, 2.75) is 25.4 Å². The van der Waals surface area contributed by atoms with E-state index in [2.05, 4.69) is 10.1 Å². The van der Waals surface area contributed by atoms with Gasteiger partial charge in [-0.05, 0) is 0 Å². The van der Waals surface area contributed by atoms with Crippen molar-refractivity contribution >= 4 is 14.9 Å². The summed E-state index contributed by atoms with van der Waals surface area (Å²) in [6.07, 6.45) is -3.50. The van der Waals surface area contributed by atoms with E-state index in [1.807, 2.05) is 13.1 Å². The molecule has 0 bridgehead atoms. The number of carbonyl (C=O) groups excluding carboxylic acids is 1. The molecular formula is C7H15F2NO3Si. The first-order valence-electron chi connectivity index (χ1n) is 4.21. The Morgan fingerprint density at radius 1 is 1.50 bits per heavy atom. The summed E-state index contributed by atoms with van der Waals surface area (Å²) in [5.41, 5.74) is 0. The number of alkyl carbamates (subject to hydrolysis) is 1. The van der Waals surface area contributed by atoms with Crippen LogP contribution in [0.3, 0.4) is 0 Å². The lowest BCUT2D eigenvalue weighted by molar-refractivity contribution is 0.0403. The first-order valence-corrected chi connectivity index (χ1v) is 7.19. The Kier molecular flexibility index (Phi) is 6.38. The summed E-state index contributed by atoms with van der Waals surface area (Å²) in [6, 6.07) is 0. The Hall–Kier alpha value is -0.693. The van der Waals surface area contributed by atoms with Gasteiger partial charge < -0.3 is 9.47 Å². The van der Waals surface area contributed by atoms with E-state index in [0.29, 0.717) is 0 Å². The van der Waals surface area contributed by atoms with Gasteiger partial charge in [0.15, 0.2) is 6.61 Å². The SMILES string of the molecule is COC(NC(=O)OCC(F)F)[SiH](C)C. The Morgan fingerprint density at radius 2 is 2.07 bits per heavy atom. The second-order valence-electron chi connectivity index (χ2n) is 3.03. The second kappa shape index (κ2) is 6.72. The molecule has 84 valence electrons. The molecule has 0 aromatic heterocycles. The van der Waals surface area contributed by atoms with Gasteiger partial charge in [0.1, 0.15) is 5.85 Å².